The molecule has 1 aliphatic rings. The second-order valence-electron chi connectivity index (χ2n) is 6.00. The van der Waals surface area contributed by atoms with Crippen LogP contribution in [0.2, 0.25) is 0 Å². The van der Waals surface area contributed by atoms with E-state index >= 15 is 0 Å². The highest BCUT2D eigenvalue weighted by Crippen LogP contribution is 2.41. The van der Waals surface area contributed by atoms with Crippen LogP contribution in [0.25, 0.3) is 0 Å². The van der Waals surface area contributed by atoms with Gasteiger partial charge in [-0.2, -0.15) is 0 Å². The van der Waals surface area contributed by atoms with Crippen LogP contribution in [0.4, 0.5) is 0 Å². The molecular formula is C18H19N5OS. The van der Waals surface area contributed by atoms with Gasteiger partial charge in [-0.05, 0) is 17.7 Å². The number of carbonyl (C=O) groups excluding carboxylic acids is 1. The second kappa shape index (κ2) is 7.14. The zero-order valence-corrected chi connectivity index (χ0v) is 14.5. The zero-order chi connectivity index (χ0) is 17.1. The minimum atomic E-state index is 0.0587. The number of nitrogens with one attached hydrogen (secondary N) is 2. The maximum absolute atomic E-state index is 12.2. The average Bonchev–Trinajstić information content (AvgIpc) is 3.35. The number of aromatic amines is 1. The first-order chi connectivity index (χ1) is 12.3. The van der Waals surface area contributed by atoms with Crippen LogP contribution in [0.15, 0.2) is 49.3 Å². The molecule has 7 heteroatoms. The molecule has 25 heavy (non-hydrogen) atoms. The summed E-state index contributed by atoms with van der Waals surface area (Å²) in [6.45, 7) is 0.615. The Labute approximate surface area is 150 Å². The summed E-state index contributed by atoms with van der Waals surface area (Å²) in [7, 11) is 0. The molecule has 1 unspecified atom stereocenters. The molecule has 0 spiro atoms. The summed E-state index contributed by atoms with van der Waals surface area (Å²) < 4.78 is 2.26. The monoisotopic (exact) mass is 353 g/mol. The molecule has 128 valence electrons. The minimum Gasteiger partial charge on any atom is -0.355 e. The number of amides is 1. The van der Waals surface area contributed by atoms with E-state index < -0.39 is 0 Å². The number of thioether (sulfide) groups is 1. The summed E-state index contributed by atoms with van der Waals surface area (Å²) in [5.41, 5.74) is 4.57. The molecule has 1 aliphatic heterocycles. The van der Waals surface area contributed by atoms with Crippen LogP contribution < -0.4 is 5.32 Å². The number of rotatable bonds is 6. The second-order valence-corrected chi connectivity index (χ2v) is 7.07. The Kier molecular flexibility index (Phi) is 4.56. The smallest absolute Gasteiger partial charge is 0.224 e. The van der Waals surface area contributed by atoms with Crippen LogP contribution in [-0.2, 0) is 23.4 Å². The number of hydrogen-bond acceptors (Lipinski definition) is 4. The minimum absolute atomic E-state index is 0.0587. The summed E-state index contributed by atoms with van der Waals surface area (Å²) in [6.07, 6.45) is 10.4. The van der Waals surface area contributed by atoms with Crippen molar-refractivity contribution < 1.29 is 4.79 Å². The van der Waals surface area contributed by atoms with Crippen molar-refractivity contribution in [3.63, 3.8) is 0 Å². The van der Waals surface area contributed by atoms with E-state index in [0.29, 0.717) is 13.0 Å². The van der Waals surface area contributed by atoms with Crippen molar-refractivity contribution in [1.29, 1.82) is 0 Å². The van der Waals surface area contributed by atoms with Gasteiger partial charge < -0.3 is 14.9 Å². The van der Waals surface area contributed by atoms with Crippen molar-refractivity contribution in [3.8, 4) is 0 Å². The molecule has 0 aliphatic carbocycles. The van der Waals surface area contributed by atoms with E-state index in [4.69, 9.17) is 0 Å². The third-order valence-electron chi connectivity index (χ3n) is 4.34. The fourth-order valence-electron chi connectivity index (χ4n) is 3.08. The van der Waals surface area contributed by atoms with Crippen molar-refractivity contribution in [2.75, 3.05) is 6.54 Å². The van der Waals surface area contributed by atoms with Gasteiger partial charge in [-0.1, -0.05) is 6.07 Å². The van der Waals surface area contributed by atoms with Crippen molar-refractivity contribution in [3.05, 3.63) is 71.8 Å². The van der Waals surface area contributed by atoms with Crippen molar-refractivity contribution in [1.82, 2.24) is 24.8 Å². The number of fused-ring (bicyclic) bond motifs is 1. The Morgan fingerprint density at radius 1 is 1.36 bits per heavy atom. The molecule has 2 N–H and O–H groups in total. The van der Waals surface area contributed by atoms with Gasteiger partial charge in [0.05, 0.1) is 12.7 Å². The summed E-state index contributed by atoms with van der Waals surface area (Å²) in [5, 5.41) is 3.23. The molecule has 4 rings (SSSR count). The largest absolute Gasteiger partial charge is 0.355 e. The predicted molar refractivity (Wildman–Crippen MR) is 97.1 cm³/mol. The van der Waals surface area contributed by atoms with E-state index in [-0.39, 0.29) is 11.3 Å². The molecule has 0 fully saturated rings. The first-order valence-electron chi connectivity index (χ1n) is 8.25. The molecule has 0 radical (unpaired) electrons. The van der Waals surface area contributed by atoms with Gasteiger partial charge in [0.25, 0.3) is 0 Å². The van der Waals surface area contributed by atoms with Crippen LogP contribution >= 0.6 is 11.8 Å². The quantitative estimate of drug-likeness (QED) is 0.713. The molecule has 1 amide bonds. The molecule has 4 heterocycles. The molecule has 0 saturated carbocycles. The average molecular weight is 353 g/mol. The third kappa shape index (κ3) is 3.46. The molecule has 6 nitrogen and oxygen atoms in total. The number of H-pyrrole nitrogens is 1. The fourth-order valence-corrected chi connectivity index (χ4v) is 4.42. The summed E-state index contributed by atoms with van der Waals surface area (Å²) >= 11 is 1.87. The van der Waals surface area contributed by atoms with Gasteiger partial charge in [-0.15, -0.1) is 11.8 Å². The lowest BCUT2D eigenvalue weighted by Crippen LogP contribution is -2.27. The topological polar surface area (TPSA) is 75.6 Å². The Morgan fingerprint density at radius 2 is 2.32 bits per heavy atom. The lowest BCUT2D eigenvalue weighted by atomic mass is 10.1. The van der Waals surface area contributed by atoms with Crippen molar-refractivity contribution in [2.45, 2.75) is 24.0 Å². The predicted octanol–water partition coefficient (Wildman–Crippen LogP) is 2.30. The fraction of sp³-hybridized carbons (Fsp3) is 0.278. The van der Waals surface area contributed by atoms with Crippen LogP contribution in [-0.4, -0.2) is 32.0 Å². The van der Waals surface area contributed by atoms with Gasteiger partial charge in [-0.3, -0.25) is 9.78 Å². The normalized spacial score (nSPS) is 15.9. The first-order valence-corrected chi connectivity index (χ1v) is 9.30. The first kappa shape index (κ1) is 16.0. The number of nitrogens with zero attached hydrogens (tertiary/aromatic N) is 3. The van der Waals surface area contributed by atoms with E-state index in [1.165, 1.54) is 11.3 Å². The number of imidazole rings is 1. The van der Waals surface area contributed by atoms with E-state index in [2.05, 4.69) is 43.2 Å². The van der Waals surface area contributed by atoms with Crippen molar-refractivity contribution >= 4 is 17.7 Å². The molecular weight excluding hydrogens is 334 g/mol. The van der Waals surface area contributed by atoms with Gasteiger partial charge in [0.15, 0.2) is 0 Å². The van der Waals surface area contributed by atoms with E-state index in [0.717, 1.165) is 23.4 Å². The highest BCUT2D eigenvalue weighted by atomic mass is 32.2. The van der Waals surface area contributed by atoms with E-state index in [1.807, 2.05) is 24.0 Å². The molecule has 3 aromatic rings. The Balaban J connectivity index is 1.37. The molecule has 1 atom stereocenters. The third-order valence-corrected chi connectivity index (χ3v) is 5.60. The zero-order valence-electron chi connectivity index (χ0n) is 13.7. The summed E-state index contributed by atoms with van der Waals surface area (Å²) in [5.74, 6) is 0.979. The number of carbonyl (C=O) groups is 1. The lowest BCUT2D eigenvalue weighted by Gasteiger charge is -2.12. The van der Waals surface area contributed by atoms with Gasteiger partial charge in [-0.25, -0.2) is 4.98 Å². The van der Waals surface area contributed by atoms with Gasteiger partial charge >= 0.3 is 0 Å². The van der Waals surface area contributed by atoms with E-state index in [9.17, 15) is 4.79 Å². The van der Waals surface area contributed by atoms with Crippen LogP contribution in [0.3, 0.4) is 0 Å². The van der Waals surface area contributed by atoms with Gasteiger partial charge in [0.1, 0.15) is 5.37 Å². The molecule has 0 bridgehead atoms. The number of aromatic nitrogens is 4. The number of hydrogen-bond donors (Lipinski definition) is 2. The van der Waals surface area contributed by atoms with Crippen LogP contribution in [0.1, 0.15) is 27.9 Å². The lowest BCUT2D eigenvalue weighted by molar-refractivity contribution is -0.120. The van der Waals surface area contributed by atoms with Gasteiger partial charge in [0.2, 0.25) is 5.91 Å². The summed E-state index contributed by atoms with van der Waals surface area (Å²) in [6, 6.07) is 6.12. The Bertz CT molecular complexity index is 844. The molecule has 0 aromatic carbocycles. The maximum Gasteiger partial charge on any atom is 0.224 e. The molecule has 0 saturated heterocycles. The Hall–Kier alpha value is -2.54. The van der Waals surface area contributed by atoms with E-state index in [1.54, 1.807) is 18.7 Å². The summed E-state index contributed by atoms with van der Waals surface area (Å²) in [4.78, 5) is 23.5. The van der Waals surface area contributed by atoms with Crippen molar-refractivity contribution in [2.24, 2.45) is 0 Å². The standard InChI is InChI=1S/C18H19N5OS/c24-17(21-6-3-15-10-20-12-22-15)8-13-4-7-23-16(13)11-25-18(23)14-2-1-5-19-9-14/h1-2,4-5,7,9-10,12,18H,3,6,8,11H2,(H,20,22)(H,21,24). The maximum atomic E-state index is 12.2. The Morgan fingerprint density at radius 3 is 3.12 bits per heavy atom. The van der Waals surface area contributed by atoms with Gasteiger partial charge in [0, 0.05) is 60.5 Å². The highest BCUT2D eigenvalue weighted by Gasteiger charge is 2.26. The van der Waals surface area contributed by atoms with Crippen LogP contribution in [0.5, 0.6) is 0 Å². The van der Waals surface area contributed by atoms with Crippen LogP contribution in [0, 0.1) is 0 Å². The molecule has 3 aromatic heterocycles. The highest BCUT2D eigenvalue weighted by molar-refractivity contribution is 7.99. The SMILES string of the molecule is O=C(Cc1ccn2c1CSC2c1cccnc1)NCCc1cnc[nH]1. The number of pyridine rings is 1.